The lowest BCUT2D eigenvalue weighted by Crippen LogP contribution is -2.17. The molecule has 0 saturated carbocycles. The van der Waals surface area contributed by atoms with Gasteiger partial charge in [-0.3, -0.25) is 0 Å². The van der Waals surface area contributed by atoms with Crippen LogP contribution in [0.2, 0.25) is 0 Å². The molecule has 0 spiro atoms. The van der Waals surface area contributed by atoms with Crippen molar-refractivity contribution >= 4 is 49.4 Å². The van der Waals surface area contributed by atoms with Crippen LogP contribution < -0.4 is 4.90 Å². The zero-order valence-electron chi connectivity index (χ0n) is 32.7. The van der Waals surface area contributed by atoms with Crippen molar-refractivity contribution in [2.75, 3.05) is 4.90 Å². The van der Waals surface area contributed by atoms with E-state index in [0.29, 0.717) is 0 Å². The minimum atomic E-state index is -0.127. The Labute approximate surface area is 340 Å². The molecule has 0 radical (unpaired) electrons. The fourth-order valence-electron chi connectivity index (χ4n) is 9.47. The normalized spacial score (nSPS) is 12.8. The molecule has 0 aliphatic heterocycles. The molecular formula is C57H41N. The molecule has 1 nitrogen and oxygen atoms in total. The van der Waals surface area contributed by atoms with E-state index in [-0.39, 0.29) is 5.41 Å². The molecule has 274 valence electrons. The largest absolute Gasteiger partial charge is 0.310 e. The third kappa shape index (κ3) is 5.54. The number of nitrogens with zero attached hydrogens (tertiary/aromatic N) is 1. The Hall–Kier alpha value is -7.22. The standard InChI is InChI=1S/C57H41N/c1-57(2)54-22-11-10-19-51(54)52-33-31-46(37-55(52)57)58(45-29-25-39(26-30-45)43-24-23-38-13-6-7-17-42(38)35-43)56-34-28-44(36-53(56)40-14-4-3-5-15-40)48-20-12-21-49-47-18-9-8-16-41(47)27-32-50(48)49/h3-37H,1-2H3. The molecule has 1 aliphatic rings. The number of hydrogen-bond donors (Lipinski definition) is 0. The predicted octanol–water partition coefficient (Wildman–Crippen LogP) is 15.9. The molecule has 0 bridgehead atoms. The Morgan fingerprint density at radius 3 is 1.81 bits per heavy atom. The number of fused-ring (bicyclic) bond motifs is 7. The first kappa shape index (κ1) is 34.1. The molecule has 11 rings (SSSR count). The minimum absolute atomic E-state index is 0.127. The van der Waals surface area contributed by atoms with Gasteiger partial charge in [-0.15, -0.1) is 0 Å². The van der Waals surface area contributed by atoms with E-state index >= 15 is 0 Å². The molecule has 0 amide bonds. The molecule has 58 heavy (non-hydrogen) atoms. The maximum Gasteiger partial charge on any atom is 0.0540 e. The summed E-state index contributed by atoms with van der Waals surface area (Å²) in [4.78, 5) is 2.46. The van der Waals surface area contributed by atoms with E-state index in [4.69, 9.17) is 0 Å². The van der Waals surface area contributed by atoms with Crippen molar-refractivity contribution in [3.05, 3.63) is 223 Å². The highest BCUT2D eigenvalue weighted by Gasteiger charge is 2.36. The number of anilines is 3. The topological polar surface area (TPSA) is 3.24 Å². The van der Waals surface area contributed by atoms with Gasteiger partial charge < -0.3 is 4.90 Å². The maximum atomic E-state index is 2.46. The molecule has 0 fully saturated rings. The number of benzene rings is 10. The number of rotatable bonds is 6. The Morgan fingerprint density at radius 1 is 0.310 bits per heavy atom. The third-order valence-corrected chi connectivity index (χ3v) is 12.5. The van der Waals surface area contributed by atoms with Crippen molar-refractivity contribution in [1.29, 1.82) is 0 Å². The molecule has 0 saturated heterocycles. The second kappa shape index (κ2) is 13.5. The van der Waals surface area contributed by atoms with Gasteiger partial charge in [-0.25, -0.2) is 0 Å². The average molecular weight is 740 g/mol. The van der Waals surface area contributed by atoms with E-state index in [1.165, 1.54) is 88.0 Å². The van der Waals surface area contributed by atoms with Crippen molar-refractivity contribution in [1.82, 2.24) is 0 Å². The quantitative estimate of drug-likeness (QED) is 0.154. The Kier molecular flexibility index (Phi) is 7.91. The Bertz CT molecular complexity index is 3190. The van der Waals surface area contributed by atoms with Crippen LogP contribution in [0.1, 0.15) is 25.0 Å². The van der Waals surface area contributed by atoms with Crippen LogP contribution in [0, 0.1) is 0 Å². The van der Waals surface area contributed by atoms with Gasteiger partial charge in [0.25, 0.3) is 0 Å². The zero-order chi connectivity index (χ0) is 38.8. The summed E-state index contributed by atoms with van der Waals surface area (Å²) in [7, 11) is 0. The molecule has 1 heteroatoms. The molecule has 0 atom stereocenters. The van der Waals surface area contributed by atoms with Crippen LogP contribution in [-0.2, 0) is 5.41 Å². The van der Waals surface area contributed by atoms with E-state index in [1.54, 1.807) is 0 Å². The van der Waals surface area contributed by atoms with E-state index < -0.39 is 0 Å². The first-order valence-corrected chi connectivity index (χ1v) is 20.3. The zero-order valence-corrected chi connectivity index (χ0v) is 32.7. The van der Waals surface area contributed by atoms with Crippen LogP contribution in [0.4, 0.5) is 17.1 Å². The monoisotopic (exact) mass is 739 g/mol. The van der Waals surface area contributed by atoms with Gasteiger partial charge in [0.2, 0.25) is 0 Å². The highest BCUT2D eigenvalue weighted by Crippen LogP contribution is 2.51. The lowest BCUT2D eigenvalue weighted by atomic mass is 9.82. The van der Waals surface area contributed by atoms with Gasteiger partial charge in [-0.1, -0.05) is 184 Å². The summed E-state index contributed by atoms with van der Waals surface area (Å²) in [5.74, 6) is 0. The first-order chi connectivity index (χ1) is 28.5. The van der Waals surface area contributed by atoms with E-state index in [2.05, 4.69) is 231 Å². The maximum absolute atomic E-state index is 2.46. The van der Waals surface area contributed by atoms with Gasteiger partial charge in [-0.05, 0) is 125 Å². The van der Waals surface area contributed by atoms with Gasteiger partial charge in [0.15, 0.2) is 0 Å². The molecule has 10 aromatic carbocycles. The van der Waals surface area contributed by atoms with Crippen LogP contribution in [0.5, 0.6) is 0 Å². The lowest BCUT2D eigenvalue weighted by Gasteiger charge is -2.30. The fraction of sp³-hybridized carbons (Fsp3) is 0.0526. The summed E-state index contributed by atoms with van der Waals surface area (Å²) in [5.41, 5.74) is 15.8. The Morgan fingerprint density at radius 2 is 0.948 bits per heavy atom. The molecular weight excluding hydrogens is 699 g/mol. The summed E-state index contributed by atoms with van der Waals surface area (Å²) in [6.07, 6.45) is 0. The molecule has 0 unspecified atom stereocenters. The number of hydrogen-bond acceptors (Lipinski definition) is 1. The third-order valence-electron chi connectivity index (χ3n) is 12.5. The van der Waals surface area contributed by atoms with E-state index in [1.807, 2.05) is 0 Å². The summed E-state index contributed by atoms with van der Waals surface area (Å²) < 4.78 is 0. The van der Waals surface area contributed by atoms with Crippen molar-refractivity contribution in [2.45, 2.75) is 19.3 Å². The van der Waals surface area contributed by atoms with Crippen molar-refractivity contribution in [3.63, 3.8) is 0 Å². The highest BCUT2D eigenvalue weighted by atomic mass is 15.1. The van der Waals surface area contributed by atoms with E-state index in [9.17, 15) is 0 Å². The minimum Gasteiger partial charge on any atom is -0.310 e. The van der Waals surface area contributed by atoms with Crippen LogP contribution in [-0.4, -0.2) is 0 Å². The highest BCUT2D eigenvalue weighted by molar-refractivity contribution is 6.12. The SMILES string of the molecule is CC1(C)c2ccccc2-c2ccc(N(c3ccc(-c4ccc5ccccc5c4)cc3)c3ccc(-c4cccc5c4ccc4ccccc45)cc3-c3ccccc3)cc21. The molecule has 0 aromatic heterocycles. The van der Waals surface area contributed by atoms with Gasteiger partial charge in [-0.2, -0.15) is 0 Å². The second-order valence-corrected chi connectivity index (χ2v) is 16.1. The van der Waals surface area contributed by atoms with Gasteiger partial charge >= 0.3 is 0 Å². The molecule has 10 aromatic rings. The van der Waals surface area contributed by atoms with Crippen LogP contribution >= 0.6 is 0 Å². The van der Waals surface area contributed by atoms with Crippen molar-refractivity contribution < 1.29 is 0 Å². The summed E-state index contributed by atoms with van der Waals surface area (Å²) in [5, 5.41) is 7.58. The lowest BCUT2D eigenvalue weighted by molar-refractivity contribution is 0.660. The van der Waals surface area contributed by atoms with Crippen molar-refractivity contribution in [3.8, 4) is 44.5 Å². The predicted molar refractivity (Wildman–Crippen MR) is 248 cm³/mol. The fourth-order valence-corrected chi connectivity index (χ4v) is 9.47. The van der Waals surface area contributed by atoms with Crippen LogP contribution in [0.15, 0.2) is 212 Å². The van der Waals surface area contributed by atoms with E-state index in [0.717, 1.165) is 17.1 Å². The molecule has 0 heterocycles. The summed E-state index contributed by atoms with van der Waals surface area (Å²) >= 11 is 0. The van der Waals surface area contributed by atoms with Gasteiger partial charge in [0.1, 0.15) is 0 Å². The average Bonchev–Trinajstić information content (AvgIpc) is 3.52. The summed E-state index contributed by atoms with van der Waals surface area (Å²) in [6.45, 7) is 4.73. The second-order valence-electron chi connectivity index (χ2n) is 16.1. The van der Waals surface area contributed by atoms with Gasteiger partial charge in [0, 0.05) is 22.4 Å². The van der Waals surface area contributed by atoms with Gasteiger partial charge in [0.05, 0.1) is 5.69 Å². The van der Waals surface area contributed by atoms with Crippen LogP contribution in [0.25, 0.3) is 76.8 Å². The van der Waals surface area contributed by atoms with Crippen molar-refractivity contribution in [2.24, 2.45) is 0 Å². The smallest absolute Gasteiger partial charge is 0.0540 e. The first-order valence-electron chi connectivity index (χ1n) is 20.3. The van der Waals surface area contributed by atoms with Crippen LogP contribution in [0.3, 0.4) is 0 Å². The molecule has 0 N–H and O–H groups in total. The molecule has 1 aliphatic carbocycles. The Balaban J connectivity index is 1.11. The summed E-state index contributed by atoms with van der Waals surface area (Å²) in [6, 6.07) is 78.3.